The molecule has 0 spiro atoms. The van der Waals surface area contributed by atoms with Gasteiger partial charge in [-0.05, 0) is 30.0 Å². The van der Waals surface area contributed by atoms with E-state index >= 15 is 0 Å². The lowest BCUT2D eigenvalue weighted by Crippen LogP contribution is -2.34. The fourth-order valence-electron chi connectivity index (χ4n) is 2.12. The second-order valence-corrected chi connectivity index (χ2v) is 7.19. The Hall–Kier alpha value is -2.64. The van der Waals surface area contributed by atoms with Crippen LogP contribution in [0, 0.1) is 12.3 Å². The number of aryl methyl sites for hydroxylation is 1. The third-order valence-electron chi connectivity index (χ3n) is 3.36. The topological polar surface area (TPSA) is 66.9 Å². The normalized spacial score (nSPS) is 12.0. The quantitative estimate of drug-likeness (QED) is 0.846. The van der Waals surface area contributed by atoms with Gasteiger partial charge in [0.15, 0.2) is 5.69 Å². The lowest BCUT2D eigenvalue weighted by atomic mass is 9.97. The first-order valence-corrected chi connectivity index (χ1v) is 8.02. The number of nitrogens with one attached hydrogen (secondary N) is 2. The summed E-state index contributed by atoms with van der Waals surface area (Å²) < 4.78 is 40.1. The molecular weight excluding hydrogens is 345 g/mol. The number of nitrogens with zero attached hydrogens (tertiary/aromatic N) is 2. The van der Waals surface area contributed by atoms with E-state index in [1.807, 2.05) is 33.8 Å². The zero-order chi connectivity index (χ0) is 19.5. The van der Waals surface area contributed by atoms with Crippen molar-refractivity contribution >= 4 is 17.5 Å². The SMILES string of the molecule is Cc1cccc(Nc2ncc(C(=O)NCC(C)(C)C)c(C(F)(F)F)n2)c1. The molecule has 0 saturated heterocycles. The van der Waals surface area contributed by atoms with Crippen molar-refractivity contribution in [2.24, 2.45) is 5.41 Å². The molecule has 1 aromatic heterocycles. The molecule has 26 heavy (non-hydrogen) atoms. The zero-order valence-electron chi connectivity index (χ0n) is 15.0. The molecule has 8 heteroatoms. The number of hydrogen-bond donors (Lipinski definition) is 2. The summed E-state index contributed by atoms with van der Waals surface area (Å²) >= 11 is 0. The third kappa shape index (κ3) is 5.44. The van der Waals surface area contributed by atoms with Crippen LogP contribution in [0.4, 0.5) is 24.8 Å². The van der Waals surface area contributed by atoms with Crippen molar-refractivity contribution in [2.75, 3.05) is 11.9 Å². The van der Waals surface area contributed by atoms with Crippen molar-refractivity contribution in [2.45, 2.75) is 33.9 Å². The Labute approximate surface area is 150 Å². The van der Waals surface area contributed by atoms with Crippen LogP contribution >= 0.6 is 0 Å². The summed E-state index contributed by atoms with van der Waals surface area (Å²) in [6, 6.07) is 7.06. The molecule has 0 radical (unpaired) electrons. The van der Waals surface area contributed by atoms with E-state index in [1.54, 1.807) is 18.2 Å². The maximum atomic E-state index is 13.4. The molecule has 2 N–H and O–H groups in total. The summed E-state index contributed by atoms with van der Waals surface area (Å²) in [4.78, 5) is 19.5. The van der Waals surface area contributed by atoms with Crippen LogP contribution in [0.5, 0.6) is 0 Å². The van der Waals surface area contributed by atoms with Crippen LogP contribution in [0.3, 0.4) is 0 Å². The summed E-state index contributed by atoms with van der Waals surface area (Å²) in [5.74, 6) is -1.08. The van der Waals surface area contributed by atoms with Crippen LogP contribution in [-0.4, -0.2) is 22.4 Å². The van der Waals surface area contributed by atoms with Gasteiger partial charge in [0.2, 0.25) is 5.95 Å². The van der Waals surface area contributed by atoms with Crippen LogP contribution in [0.25, 0.3) is 0 Å². The Kier molecular flexibility index (Phi) is 5.53. The van der Waals surface area contributed by atoms with Crippen LogP contribution < -0.4 is 10.6 Å². The first-order chi connectivity index (χ1) is 12.0. The van der Waals surface area contributed by atoms with Crippen molar-refractivity contribution in [3.8, 4) is 0 Å². The Morgan fingerprint density at radius 2 is 1.88 bits per heavy atom. The molecule has 5 nitrogen and oxygen atoms in total. The minimum Gasteiger partial charge on any atom is -0.351 e. The number of aromatic nitrogens is 2. The largest absolute Gasteiger partial charge is 0.434 e. The zero-order valence-corrected chi connectivity index (χ0v) is 15.0. The number of amides is 1. The standard InChI is InChI=1S/C18H21F3N4O/c1-11-6-5-7-12(8-11)24-16-22-9-13(14(25-16)18(19,20)21)15(26)23-10-17(2,3)4/h5-9H,10H2,1-4H3,(H,23,26)(H,22,24,25). The van der Waals surface area contributed by atoms with E-state index in [1.165, 1.54) is 0 Å². The number of benzene rings is 1. The van der Waals surface area contributed by atoms with Crippen molar-refractivity contribution in [3.63, 3.8) is 0 Å². The molecule has 0 fully saturated rings. The van der Waals surface area contributed by atoms with Gasteiger partial charge in [0.05, 0.1) is 5.56 Å². The van der Waals surface area contributed by atoms with Crippen LogP contribution in [0.15, 0.2) is 30.5 Å². The van der Waals surface area contributed by atoms with Gasteiger partial charge in [0.1, 0.15) is 0 Å². The highest BCUT2D eigenvalue weighted by Crippen LogP contribution is 2.31. The fraction of sp³-hybridized carbons (Fsp3) is 0.389. The highest BCUT2D eigenvalue weighted by atomic mass is 19.4. The Bertz CT molecular complexity index is 798. The Morgan fingerprint density at radius 3 is 2.46 bits per heavy atom. The van der Waals surface area contributed by atoms with E-state index in [4.69, 9.17) is 0 Å². The van der Waals surface area contributed by atoms with Gasteiger partial charge in [-0.1, -0.05) is 32.9 Å². The van der Waals surface area contributed by atoms with E-state index in [0.717, 1.165) is 11.8 Å². The minimum absolute atomic E-state index is 0.227. The van der Waals surface area contributed by atoms with E-state index in [2.05, 4.69) is 20.6 Å². The van der Waals surface area contributed by atoms with Gasteiger partial charge >= 0.3 is 6.18 Å². The predicted octanol–water partition coefficient (Wildman–Crippen LogP) is 4.32. The predicted molar refractivity (Wildman–Crippen MR) is 93.3 cm³/mol. The van der Waals surface area contributed by atoms with Gasteiger partial charge in [-0.25, -0.2) is 9.97 Å². The summed E-state index contributed by atoms with van der Waals surface area (Å²) in [5, 5.41) is 5.21. The van der Waals surface area contributed by atoms with Gasteiger partial charge < -0.3 is 10.6 Å². The van der Waals surface area contributed by atoms with Crippen molar-refractivity contribution in [1.82, 2.24) is 15.3 Å². The summed E-state index contributed by atoms with van der Waals surface area (Å²) in [6.45, 7) is 7.68. The highest BCUT2D eigenvalue weighted by molar-refractivity contribution is 5.95. The lowest BCUT2D eigenvalue weighted by molar-refractivity contribution is -0.141. The number of hydrogen-bond acceptors (Lipinski definition) is 4. The second kappa shape index (κ2) is 7.31. The number of anilines is 2. The highest BCUT2D eigenvalue weighted by Gasteiger charge is 2.38. The van der Waals surface area contributed by atoms with E-state index in [-0.39, 0.29) is 17.9 Å². The minimum atomic E-state index is -4.78. The fourth-order valence-corrected chi connectivity index (χ4v) is 2.12. The first kappa shape index (κ1) is 19.7. The molecule has 2 aromatic rings. The molecule has 0 bridgehead atoms. The number of carbonyl (C=O) groups excluding carboxylic acids is 1. The van der Waals surface area contributed by atoms with Crippen LogP contribution in [-0.2, 0) is 6.18 Å². The Balaban J connectivity index is 2.31. The molecule has 0 atom stereocenters. The smallest absolute Gasteiger partial charge is 0.351 e. The van der Waals surface area contributed by atoms with Gasteiger partial charge in [-0.2, -0.15) is 13.2 Å². The molecule has 1 amide bonds. The molecule has 140 valence electrons. The number of halogens is 3. The monoisotopic (exact) mass is 366 g/mol. The lowest BCUT2D eigenvalue weighted by Gasteiger charge is -2.19. The van der Waals surface area contributed by atoms with E-state index < -0.39 is 23.3 Å². The average Bonchev–Trinajstić information content (AvgIpc) is 2.51. The molecule has 0 aliphatic carbocycles. The van der Waals surface area contributed by atoms with Gasteiger partial charge in [0.25, 0.3) is 5.91 Å². The molecule has 0 saturated carbocycles. The van der Waals surface area contributed by atoms with Crippen molar-refractivity contribution in [1.29, 1.82) is 0 Å². The molecular formula is C18H21F3N4O. The number of alkyl halides is 3. The van der Waals surface area contributed by atoms with Crippen molar-refractivity contribution in [3.05, 3.63) is 47.3 Å². The Morgan fingerprint density at radius 1 is 1.19 bits per heavy atom. The van der Waals surface area contributed by atoms with E-state index in [0.29, 0.717) is 5.69 Å². The summed E-state index contributed by atoms with van der Waals surface area (Å²) in [6.07, 6.45) is -3.88. The summed E-state index contributed by atoms with van der Waals surface area (Å²) in [7, 11) is 0. The molecule has 1 heterocycles. The van der Waals surface area contributed by atoms with Gasteiger partial charge in [-0.3, -0.25) is 4.79 Å². The molecule has 0 aliphatic rings. The molecule has 0 aliphatic heterocycles. The van der Waals surface area contributed by atoms with Crippen LogP contribution in [0.2, 0.25) is 0 Å². The molecule has 1 aromatic carbocycles. The van der Waals surface area contributed by atoms with Gasteiger partial charge in [-0.15, -0.1) is 0 Å². The second-order valence-electron chi connectivity index (χ2n) is 7.19. The maximum Gasteiger partial charge on any atom is 0.434 e. The van der Waals surface area contributed by atoms with Crippen LogP contribution in [0.1, 0.15) is 42.4 Å². The van der Waals surface area contributed by atoms with E-state index in [9.17, 15) is 18.0 Å². The first-order valence-electron chi connectivity index (χ1n) is 8.02. The summed E-state index contributed by atoms with van der Waals surface area (Å²) in [5.41, 5.74) is -0.639. The molecule has 2 rings (SSSR count). The maximum absolute atomic E-state index is 13.4. The van der Waals surface area contributed by atoms with Crippen molar-refractivity contribution < 1.29 is 18.0 Å². The van der Waals surface area contributed by atoms with Gasteiger partial charge in [0, 0.05) is 18.4 Å². The number of rotatable bonds is 4. The number of carbonyl (C=O) groups is 1. The third-order valence-corrected chi connectivity index (χ3v) is 3.36. The molecule has 0 unspecified atom stereocenters. The average molecular weight is 366 g/mol.